The van der Waals surface area contributed by atoms with E-state index in [0.29, 0.717) is 30.0 Å². The van der Waals surface area contributed by atoms with Crippen molar-refractivity contribution in [3.8, 4) is 11.8 Å². The van der Waals surface area contributed by atoms with E-state index in [1.54, 1.807) is 35.7 Å². The van der Waals surface area contributed by atoms with Crippen LogP contribution in [0.25, 0.3) is 0 Å². The monoisotopic (exact) mass is 552 g/mol. The van der Waals surface area contributed by atoms with Gasteiger partial charge in [0.25, 0.3) is 5.69 Å². The minimum Gasteiger partial charge on any atom is -0.494 e. The molecule has 0 spiro atoms. The molecule has 0 bridgehead atoms. The minimum absolute atomic E-state index is 0.0777. The molecule has 2 atom stereocenters. The smallest absolute Gasteiger partial charge is 0.296 e. The van der Waals surface area contributed by atoms with Crippen molar-refractivity contribution in [1.29, 1.82) is 5.26 Å². The summed E-state index contributed by atoms with van der Waals surface area (Å²) in [7, 11) is 0. The predicted octanol–water partition coefficient (Wildman–Crippen LogP) is 6.41. The van der Waals surface area contributed by atoms with Gasteiger partial charge in [-0.15, -0.1) is 11.8 Å². The number of allylic oxidation sites excluding steroid dienone is 3. The van der Waals surface area contributed by atoms with Gasteiger partial charge in [-0.25, -0.2) is 0 Å². The van der Waals surface area contributed by atoms with E-state index < -0.39 is 10.8 Å². The molecule has 202 valence electrons. The molecule has 1 aliphatic heterocycles. The summed E-state index contributed by atoms with van der Waals surface area (Å²) in [6.07, 6.45) is 2.67. The van der Waals surface area contributed by atoms with Crippen LogP contribution in [0.4, 0.5) is 11.4 Å². The van der Waals surface area contributed by atoms with Crippen molar-refractivity contribution in [3.05, 3.63) is 117 Å². The molecule has 5 rings (SSSR count). The molecule has 0 unspecified atom stereocenters. The van der Waals surface area contributed by atoms with Gasteiger partial charge in [0, 0.05) is 22.6 Å². The summed E-state index contributed by atoms with van der Waals surface area (Å²) >= 11 is 1.60. The van der Waals surface area contributed by atoms with Crippen LogP contribution < -0.4 is 15.4 Å². The number of hydrogen-bond acceptors (Lipinski definition) is 8. The van der Waals surface area contributed by atoms with Crippen molar-refractivity contribution < 1.29 is 14.5 Å². The zero-order chi connectivity index (χ0) is 28.4. The lowest BCUT2D eigenvalue weighted by molar-refractivity contribution is -0.384. The van der Waals surface area contributed by atoms with E-state index in [4.69, 9.17) is 10.5 Å². The number of nitrogens with zero attached hydrogens (tertiary/aromatic N) is 3. The number of carbonyl (C=O) groups excluding carboxylic acids is 1. The van der Waals surface area contributed by atoms with Crippen molar-refractivity contribution in [3.63, 3.8) is 0 Å². The normalized spacial score (nSPS) is 18.8. The number of carbonyl (C=O) groups is 1. The Balaban J connectivity index is 1.75. The van der Waals surface area contributed by atoms with Crippen molar-refractivity contribution in [2.24, 2.45) is 5.73 Å². The average molecular weight is 553 g/mol. The lowest BCUT2D eigenvalue weighted by Crippen LogP contribution is -2.40. The standard InChI is InChI=1S/C31H28N4O4S/c1-3-39-22-11-14-25(26(17-22)35(37)38)34-27-15-21(19-7-5-4-6-8-19)16-28(36)30(27)29(24(18-32)31(34)33)20-9-12-23(40-2)13-10-20/h4-14,17,21,29H,3,15-16,33H2,1-2H3/t21-,29-/m0/s1. The average Bonchev–Trinajstić information content (AvgIpc) is 2.97. The first kappa shape index (κ1) is 27.0. The fourth-order valence-electron chi connectivity index (χ4n) is 5.59. The first-order chi connectivity index (χ1) is 19.4. The van der Waals surface area contributed by atoms with Crippen LogP contribution >= 0.6 is 11.8 Å². The van der Waals surface area contributed by atoms with Gasteiger partial charge in [0.1, 0.15) is 17.3 Å². The summed E-state index contributed by atoms with van der Waals surface area (Å²) in [4.78, 5) is 28.4. The molecule has 8 nitrogen and oxygen atoms in total. The number of ether oxygens (including phenoxy) is 1. The highest BCUT2D eigenvalue weighted by Crippen LogP contribution is 2.50. The Hall–Kier alpha value is -4.55. The second-order valence-corrected chi connectivity index (χ2v) is 10.5. The van der Waals surface area contributed by atoms with Gasteiger partial charge in [-0.1, -0.05) is 42.5 Å². The van der Waals surface area contributed by atoms with E-state index >= 15 is 0 Å². The van der Waals surface area contributed by atoms with Crippen LogP contribution in [0.15, 0.2) is 100 Å². The van der Waals surface area contributed by atoms with Gasteiger partial charge < -0.3 is 10.5 Å². The van der Waals surface area contributed by atoms with E-state index in [-0.39, 0.29) is 40.9 Å². The van der Waals surface area contributed by atoms with E-state index in [2.05, 4.69) is 6.07 Å². The SMILES string of the molecule is CCOc1ccc(N2C(N)=C(C#N)[C@H](c3ccc(SC)cc3)C3=C2C[C@H](c2ccccc2)CC3=O)c([N+](=O)[O-])c1. The zero-order valence-electron chi connectivity index (χ0n) is 22.2. The Labute approximate surface area is 236 Å². The molecule has 0 radical (unpaired) electrons. The van der Waals surface area contributed by atoms with Crippen molar-refractivity contribution >= 4 is 28.9 Å². The molecule has 2 N–H and O–H groups in total. The zero-order valence-corrected chi connectivity index (χ0v) is 23.0. The maximum Gasteiger partial charge on any atom is 0.296 e. The van der Waals surface area contributed by atoms with Gasteiger partial charge in [-0.05, 0) is 60.9 Å². The molecule has 0 fully saturated rings. The number of anilines is 1. The maximum absolute atomic E-state index is 14.0. The van der Waals surface area contributed by atoms with E-state index in [1.165, 1.54) is 6.07 Å². The fraction of sp³-hybridized carbons (Fsp3) is 0.226. The number of nitriles is 1. The fourth-order valence-corrected chi connectivity index (χ4v) is 6.00. The van der Waals surface area contributed by atoms with Crippen LogP contribution in [0.2, 0.25) is 0 Å². The third-order valence-electron chi connectivity index (χ3n) is 7.38. The summed E-state index contributed by atoms with van der Waals surface area (Å²) in [6.45, 7) is 2.14. The first-order valence-corrected chi connectivity index (χ1v) is 14.2. The lowest BCUT2D eigenvalue weighted by atomic mass is 9.72. The largest absolute Gasteiger partial charge is 0.494 e. The molecule has 1 heterocycles. The van der Waals surface area contributed by atoms with Crippen LogP contribution in [-0.4, -0.2) is 23.6 Å². The van der Waals surface area contributed by atoms with Gasteiger partial charge in [0.05, 0.1) is 35.2 Å². The van der Waals surface area contributed by atoms with Gasteiger partial charge >= 0.3 is 0 Å². The van der Waals surface area contributed by atoms with E-state index in [1.807, 2.05) is 60.9 Å². The number of thioether (sulfide) groups is 1. The number of benzene rings is 3. The molecule has 0 saturated heterocycles. The Bertz CT molecular complexity index is 1580. The highest BCUT2D eigenvalue weighted by Gasteiger charge is 2.44. The maximum atomic E-state index is 14.0. The van der Waals surface area contributed by atoms with E-state index in [9.17, 15) is 20.2 Å². The molecule has 9 heteroatoms. The second kappa shape index (κ2) is 11.3. The van der Waals surface area contributed by atoms with Crippen LogP contribution in [0.5, 0.6) is 5.75 Å². The quantitative estimate of drug-likeness (QED) is 0.203. The molecule has 3 aromatic rings. The van der Waals surface area contributed by atoms with Crippen LogP contribution in [0, 0.1) is 21.4 Å². The Morgan fingerprint density at radius 1 is 1.10 bits per heavy atom. The molecule has 1 aliphatic carbocycles. The molecule has 0 amide bonds. The van der Waals surface area contributed by atoms with Gasteiger partial charge in [0.2, 0.25) is 0 Å². The topological polar surface area (TPSA) is 122 Å². The van der Waals surface area contributed by atoms with Crippen LogP contribution in [0.3, 0.4) is 0 Å². The van der Waals surface area contributed by atoms with Crippen molar-refractivity contribution in [1.82, 2.24) is 0 Å². The number of hydrogen-bond donors (Lipinski definition) is 1. The van der Waals surface area contributed by atoms with Gasteiger partial charge in [-0.3, -0.25) is 19.8 Å². The number of nitro groups is 1. The molecular formula is C31H28N4O4S. The lowest BCUT2D eigenvalue weighted by Gasteiger charge is -2.41. The number of rotatable bonds is 7. The van der Waals surface area contributed by atoms with Crippen molar-refractivity contribution in [2.45, 2.75) is 36.5 Å². The summed E-state index contributed by atoms with van der Waals surface area (Å²) in [5.74, 6) is -0.492. The molecule has 2 aliphatic rings. The van der Waals surface area contributed by atoms with Gasteiger partial charge in [-0.2, -0.15) is 5.26 Å². The summed E-state index contributed by atoms with van der Waals surface area (Å²) in [5.41, 5.74) is 9.68. The third-order valence-corrected chi connectivity index (χ3v) is 8.13. The summed E-state index contributed by atoms with van der Waals surface area (Å²) in [5, 5.41) is 22.6. The third kappa shape index (κ3) is 4.82. The predicted molar refractivity (Wildman–Crippen MR) is 155 cm³/mol. The van der Waals surface area contributed by atoms with Crippen molar-refractivity contribution in [2.75, 3.05) is 17.8 Å². The number of Topliss-reactive ketones (excluding diaryl/α,β-unsaturated/α-hetero) is 1. The number of ketones is 1. The van der Waals surface area contributed by atoms with Crippen LogP contribution in [-0.2, 0) is 4.79 Å². The molecule has 0 aromatic heterocycles. The minimum atomic E-state index is -0.668. The molecular weight excluding hydrogens is 524 g/mol. The Morgan fingerprint density at radius 2 is 1.82 bits per heavy atom. The summed E-state index contributed by atoms with van der Waals surface area (Å²) in [6, 6.07) is 24.3. The molecule has 3 aromatic carbocycles. The Morgan fingerprint density at radius 3 is 2.45 bits per heavy atom. The van der Waals surface area contributed by atoms with Gasteiger partial charge in [0.15, 0.2) is 5.78 Å². The van der Waals surface area contributed by atoms with Crippen LogP contribution in [0.1, 0.15) is 42.7 Å². The molecule has 0 saturated carbocycles. The summed E-state index contributed by atoms with van der Waals surface area (Å²) < 4.78 is 5.51. The Kier molecular flexibility index (Phi) is 7.63. The highest BCUT2D eigenvalue weighted by molar-refractivity contribution is 7.98. The molecule has 40 heavy (non-hydrogen) atoms. The number of nitro benzene ring substituents is 1. The highest BCUT2D eigenvalue weighted by atomic mass is 32.2. The number of nitrogens with two attached hydrogens (primary N) is 1. The first-order valence-electron chi connectivity index (χ1n) is 12.9. The second-order valence-electron chi connectivity index (χ2n) is 9.59. The van der Waals surface area contributed by atoms with E-state index in [0.717, 1.165) is 16.0 Å².